The molecule has 2 aromatic rings. The van der Waals surface area contributed by atoms with Gasteiger partial charge in [0.15, 0.2) is 0 Å². The van der Waals surface area contributed by atoms with Crippen molar-refractivity contribution in [2.75, 3.05) is 39.3 Å². The molecule has 2 N–H and O–H groups in total. The first kappa shape index (κ1) is 26.9. The average Bonchev–Trinajstić information content (AvgIpc) is 3.36. The third-order valence-corrected chi connectivity index (χ3v) is 6.51. The van der Waals surface area contributed by atoms with Gasteiger partial charge in [0.1, 0.15) is 0 Å². The van der Waals surface area contributed by atoms with E-state index >= 15 is 0 Å². The Morgan fingerprint density at radius 2 is 1.53 bits per heavy atom. The van der Waals surface area contributed by atoms with Crippen LogP contribution in [-0.2, 0) is 25.6 Å². The molecule has 9 nitrogen and oxygen atoms in total. The summed E-state index contributed by atoms with van der Waals surface area (Å²) in [5, 5.41) is 17.9. The van der Waals surface area contributed by atoms with Gasteiger partial charge < -0.3 is 24.9 Å². The molecule has 2 fully saturated rings. The summed E-state index contributed by atoms with van der Waals surface area (Å²) in [6.07, 6.45) is 3.99. The van der Waals surface area contributed by atoms with Crippen molar-refractivity contribution in [3.05, 3.63) is 60.2 Å². The molecule has 4 rings (SSSR count). The summed E-state index contributed by atoms with van der Waals surface area (Å²) in [5.41, 5.74) is 1.08. The van der Waals surface area contributed by atoms with Crippen molar-refractivity contribution in [3.8, 4) is 0 Å². The number of rotatable bonds is 6. The first-order valence-electron chi connectivity index (χ1n) is 12.1. The highest BCUT2D eigenvalue weighted by Crippen LogP contribution is 2.21. The predicted molar refractivity (Wildman–Crippen MR) is 135 cm³/mol. The van der Waals surface area contributed by atoms with Gasteiger partial charge in [-0.05, 0) is 42.3 Å². The van der Waals surface area contributed by atoms with Gasteiger partial charge >= 0.3 is 11.9 Å². The van der Waals surface area contributed by atoms with E-state index in [0.29, 0.717) is 38.2 Å². The summed E-state index contributed by atoms with van der Waals surface area (Å²) in [6.45, 7) is 6.59. The molecule has 9 heteroatoms. The molecule has 192 valence electrons. The van der Waals surface area contributed by atoms with Crippen LogP contribution in [0.3, 0.4) is 0 Å². The first-order chi connectivity index (χ1) is 17.2. The second kappa shape index (κ2) is 12.8. The molecule has 2 aliphatic heterocycles. The Balaban J connectivity index is 0.000000392. The maximum atomic E-state index is 13.3. The summed E-state index contributed by atoms with van der Waals surface area (Å²) in [5.74, 6) is -2.24. The average molecular weight is 496 g/mol. The number of aliphatic carboxylic acids is 2. The summed E-state index contributed by atoms with van der Waals surface area (Å²) in [7, 11) is 0. The number of piperazine rings is 1. The number of carboxylic acids is 2. The minimum Gasteiger partial charge on any atom is -0.478 e. The van der Waals surface area contributed by atoms with Crippen LogP contribution >= 0.6 is 0 Å². The molecule has 2 amide bonds. The zero-order valence-corrected chi connectivity index (χ0v) is 20.5. The molecule has 0 aromatic heterocycles. The molecule has 0 saturated carbocycles. The number of amides is 2. The number of hydrogen-bond donors (Lipinski definition) is 2. The number of likely N-dealkylation sites (tertiary alicyclic amines) is 1. The van der Waals surface area contributed by atoms with Crippen molar-refractivity contribution in [2.24, 2.45) is 0 Å². The number of hydrogen-bond acceptors (Lipinski definition) is 5. The number of benzene rings is 2. The quantitative estimate of drug-likeness (QED) is 0.590. The molecule has 0 bridgehead atoms. The van der Waals surface area contributed by atoms with Crippen LogP contribution in [0.5, 0.6) is 0 Å². The number of carboxylic acid groups (broad SMARTS) is 2. The van der Waals surface area contributed by atoms with Crippen LogP contribution in [0.4, 0.5) is 0 Å². The van der Waals surface area contributed by atoms with E-state index in [-0.39, 0.29) is 17.9 Å². The SMILES string of the molecule is CC(=O)N1CCN(C(=O)Cc2cccc3ccccc23)C(CN2CCCC2)C1.O=C(O)C=CC(=O)O. The molecule has 36 heavy (non-hydrogen) atoms. The largest absolute Gasteiger partial charge is 0.478 e. The Kier molecular flexibility index (Phi) is 9.58. The van der Waals surface area contributed by atoms with Crippen LogP contribution in [0.2, 0.25) is 0 Å². The van der Waals surface area contributed by atoms with Gasteiger partial charge in [0.2, 0.25) is 11.8 Å². The zero-order valence-electron chi connectivity index (χ0n) is 20.5. The van der Waals surface area contributed by atoms with Gasteiger partial charge in [-0.25, -0.2) is 9.59 Å². The highest BCUT2D eigenvalue weighted by Gasteiger charge is 2.33. The van der Waals surface area contributed by atoms with Crippen molar-refractivity contribution >= 4 is 34.5 Å². The van der Waals surface area contributed by atoms with Gasteiger partial charge in [0, 0.05) is 45.3 Å². The van der Waals surface area contributed by atoms with Crippen LogP contribution in [0.25, 0.3) is 10.8 Å². The van der Waals surface area contributed by atoms with Gasteiger partial charge in [-0.3, -0.25) is 9.59 Å². The van der Waals surface area contributed by atoms with E-state index in [1.165, 1.54) is 18.2 Å². The minimum absolute atomic E-state index is 0.0817. The lowest BCUT2D eigenvalue weighted by molar-refractivity contribution is -0.142. The summed E-state index contributed by atoms with van der Waals surface area (Å²) in [6, 6.07) is 14.5. The standard InChI is InChI=1S/C23H29N3O2.C4H4O4/c1-18(27)25-13-14-26(21(17-25)16-24-11-4-5-12-24)23(28)15-20-9-6-8-19-7-2-3-10-22(19)20;5-3(6)1-2-4(7)8/h2-3,6-10,21H,4-5,11-17H2,1H3;1-2H,(H,5,6)(H,7,8). The summed E-state index contributed by atoms with van der Waals surface area (Å²) < 4.78 is 0. The van der Waals surface area contributed by atoms with Crippen molar-refractivity contribution in [2.45, 2.75) is 32.2 Å². The number of carbonyl (C=O) groups is 4. The molecule has 2 heterocycles. The third kappa shape index (κ3) is 7.64. The molecule has 0 spiro atoms. The lowest BCUT2D eigenvalue weighted by Crippen LogP contribution is -2.59. The Labute approximate surface area is 210 Å². The van der Waals surface area contributed by atoms with Crippen molar-refractivity contribution in [3.63, 3.8) is 0 Å². The highest BCUT2D eigenvalue weighted by atomic mass is 16.4. The summed E-state index contributed by atoms with van der Waals surface area (Å²) in [4.78, 5) is 50.6. The Morgan fingerprint density at radius 3 is 2.17 bits per heavy atom. The second-order valence-corrected chi connectivity index (χ2v) is 9.04. The van der Waals surface area contributed by atoms with Crippen LogP contribution in [0, 0.1) is 0 Å². The Hall–Kier alpha value is -3.72. The topological polar surface area (TPSA) is 118 Å². The molecular formula is C27H33N3O6. The predicted octanol–water partition coefficient (Wildman–Crippen LogP) is 2.25. The van der Waals surface area contributed by atoms with Crippen LogP contribution in [0.15, 0.2) is 54.6 Å². The molecule has 2 aromatic carbocycles. The molecular weight excluding hydrogens is 462 g/mol. The second-order valence-electron chi connectivity index (χ2n) is 9.04. The molecule has 2 saturated heterocycles. The van der Waals surface area contributed by atoms with Crippen LogP contribution in [0.1, 0.15) is 25.3 Å². The molecule has 1 unspecified atom stereocenters. The molecule has 0 radical (unpaired) electrons. The Morgan fingerprint density at radius 1 is 0.889 bits per heavy atom. The van der Waals surface area contributed by atoms with Crippen LogP contribution in [-0.4, -0.2) is 94.0 Å². The van der Waals surface area contributed by atoms with Crippen molar-refractivity contribution < 1.29 is 29.4 Å². The lowest BCUT2D eigenvalue weighted by Gasteiger charge is -2.42. The summed E-state index contributed by atoms with van der Waals surface area (Å²) >= 11 is 0. The normalized spacial score (nSPS) is 18.2. The number of fused-ring (bicyclic) bond motifs is 1. The fourth-order valence-corrected chi connectivity index (χ4v) is 4.74. The van der Waals surface area contributed by atoms with E-state index in [9.17, 15) is 19.2 Å². The van der Waals surface area contributed by atoms with Gasteiger partial charge in [-0.1, -0.05) is 42.5 Å². The fraction of sp³-hybridized carbons (Fsp3) is 0.407. The highest BCUT2D eigenvalue weighted by molar-refractivity contribution is 5.91. The monoisotopic (exact) mass is 495 g/mol. The lowest BCUT2D eigenvalue weighted by atomic mass is 10.0. The fourth-order valence-electron chi connectivity index (χ4n) is 4.74. The van der Waals surface area contributed by atoms with E-state index in [2.05, 4.69) is 29.2 Å². The van der Waals surface area contributed by atoms with E-state index in [1.807, 2.05) is 28.0 Å². The number of carbonyl (C=O) groups excluding carboxylic acids is 2. The van der Waals surface area contributed by atoms with E-state index < -0.39 is 11.9 Å². The zero-order chi connectivity index (χ0) is 26.1. The van der Waals surface area contributed by atoms with Gasteiger partial charge in [0.25, 0.3) is 0 Å². The maximum absolute atomic E-state index is 13.3. The van der Waals surface area contributed by atoms with Gasteiger partial charge in [-0.2, -0.15) is 0 Å². The van der Waals surface area contributed by atoms with Gasteiger partial charge in [0.05, 0.1) is 12.5 Å². The maximum Gasteiger partial charge on any atom is 0.328 e. The van der Waals surface area contributed by atoms with Crippen molar-refractivity contribution in [1.29, 1.82) is 0 Å². The third-order valence-electron chi connectivity index (χ3n) is 6.51. The number of nitrogens with zero attached hydrogens (tertiary/aromatic N) is 3. The minimum atomic E-state index is -1.26. The Bertz CT molecular complexity index is 1100. The molecule has 2 aliphatic rings. The van der Waals surface area contributed by atoms with E-state index in [4.69, 9.17) is 10.2 Å². The molecule has 0 aliphatic carbocycles. The smallest absolute Gasteiger partial charge is 0.328 e. The van der Waals surface area contributed by atoms with Crippen molar-refractivity contribution in [1.82, 2.24) is 14.7 Å². The molecule has 1 atom stereocenters. The van der Waals surface area contributed by atoms with E-state index in [1.54, 1.807) is 6.92 Å². The van der Waals surface area contributed by atoms with Crippen LogP contribution < -0.4 is 0 Å². The van der Waals surface area contributed by atoms with Gasteiger partial charge in [-0.15, -0.1) is 0 Å². The first-order valence-corrected chi connectivity index (χ1v) is 12.1. The van der Waals surface area contributed by atoms with E-state index in [0.717, 1.165) is 30.6 Å².